The van der Waals surface area contributed by atoms with E-state index in [-0.39, 0.29) is 11.6 Å². The lowest BCUT2D eigenvalue weighted by atomic mass is 10.3. The second-order valence-corrected chi connectivity index (χ2v) is 8.84. The van der Waals surface area contributed by atoms with Crippen LogP contribution in [0.1, 0.15) is 28.7 Å². The first-order chi connectivity index (χ1) is 15.0. The number of nitrogens with zero attached hydrogens (tertiary/aromatic N) is 4. The van der Waals surface area contributed by atoms with Gasteiger partial charge in [0.15, 0.2) is 11.5 Å². The van der Waals surface area contributed by atoms with Crippen molar-refractivity contribution in [3.05, 3.63) is 53.0 Å². The van der Waals surface area contributed by atoms with Gasteiger partial charge in [0.25, 0.3) is 5.91 Å². The number of likely N-dealkylation sites (N-methyl/N-ethyl adjacent to an activating group) is 1. The summed E-state index contributed by atoms with van der Waals surface area (Å²) >= 11 is 1.34. The second kappa shape index (κ2) is 7.90. The van der Waals surface area contributed by atoms with Crippen LogP contribution in [0.4, 0.5) is 15.9 Å². The molecule has 4 aromatic rings. The summed E-state index contributed by atoms with van der Waals surface area (Å²) in [5.74, 6) is 0.174. The van der Waals surface area contributed by atoms with Crippen LogP contribution in [0.5, 0.6) is 0 Å². The van der Waals surface area contributed by atoms with E-state index in [2.05, 4.69) is 27.4 Å². The van der Waals surface area contributed by atoms with Crippen LogP contribution in [0.15, 0.2) is 36.7 Å². The minimum absolute atomic E-state index is 0.243. The maximum atomic E-state index is 14.3. The maximum absolute atomic E-state index is 14.3. The van der Waals surface area contributed by atoms with Gasteiger partial charge in [0.05, 0.1) is 16.3 Å². The number of imidazole rings is 1. The van der Waals surface area contributed by atoms with Crippen LogP contribution in [-0.4, -0.2) is 46.0 Å². The lowest BCUT2D eigenvalue weighted by Gasteiger charge is -2.17. The molecule has 1 fully saturated rings. The Bertz CT molecular complexity index is 1280. The zero-order chi connectivity index (χ0) is 21.5. The molecule has 2 N–H and O–H groups in total. The van der Waals surface area contributed by atoms with Crippen molar-refractivity contribution in [1.82, 2.24) is 19.7 Å². The van der Waals surface area contributed by atoms with E-state index in [0.717, 1.165) is 42.1 Å². The zero-order valence-corrected chi connectivity index (χ0v) is 18.2. The number of halogens is 1. The molecule has 1 atom stereocenters. The number of nitrogens with one attached hydrogen (secondary N) is 2. The molecule has 0 aliphatic carbocycles. The van der Waals surface area contributed by atoms with Gasteiger partial charge in [0, 0.05) is 43.0 Å². The first-order valence-electron chi connectivity index (χ1n) is 10.4. The summed E-state index contributed by atoms with van der Waals surface area (Å²) in [4.78, 5) is 25.4. The molecule has 0 aromatic carbocycles. The van der Waals surface area contributed by atoms with Crippen LogP contribution in [0.2, 0.25) is 0 Å². The lowest BCUT2D eigenvalue weighted by Crippen LogP contribution is -2.32. The molecule has 0 bridgehead atoms. The highest BCUT2D eigenvalue weighted by Crippen LogP contribution is 2.29. The normalized spacial score (nSPS) is 16.5. The van der Waals surface area contributed by atoms with Crippen molar-refractivity contribution in [3.63, 3.8) is 0 Å². The van der Waals surface area contributed by atoms with Crippen molar-refractivity contribution in [2.45, 2.75) is 26.3 Å². The average Bonchev–Trinajstić information content (AvgIpc) is 3.45. The molecule has 9 heteroatoms. The number of carbonyl (C=O) groups is 1. The van der Waals surface area contributed by atoms with Gasteiger partial charge in [0.1, 0.15) is 10.6 Å². The quantitative estimate of drug-likeness (QED) is 0.495. The van der Waals surface area contributed by atoms with Crippen LogP contribution in [-0.2, 0) is 0 Å². The first kappa shape index (κ1) is 19.9. The Morgan fingerprint density at radius 1 is 1.29 bits per heavy atom. The molecule has 0 saturated carbocycles. The van der Waals surface area contributed by atoms with E-state index >= 15 is 0 Å². The molecule has 1 aliphatic rings. The number of fused-ring (bicyclic) bond motifs is 2. The number of hydrogen-bond acceptors (Lipinski definition) is 6. The number of rotatable bonds is 5. The SMILES string of the molecule is CCN[C@H]1CCN(c2ccc3cc(C(=O)Nc4cc(F)c5nc(C)cn5c4)sc3n2)C1. The van der Waals surface area contributed by atoms with E-state index in [4.69, 9.17) is 4.98 Å². The molecule has 1 saturated heterocycles. The largest absolute Gasteiger partial charge is 0.355 e. The van der Waals surface area contributed by atoms with Gasteiger partial charge in [-0.3, -0.25) is 4.79 Å². The Morgan fingerprint density at radius 2 is 2.16 bits per heavy atom. The number of amides is 1. The van der Waals surface area contributed by atoms with Gasteiger partial charge in [-0.05, 0) is 38.1 Å². The minimum atomic E-state index is -0.477. The van der Waals surface area contributed by atoms with Crippen molar-refractivity contribution in [2.24, 2.45) is 0 Å². The first-order valence-corrected chi connectivity index (χ1v) is 11.2. The molecule has 31 heavy (non-hydrogen) atoms. The standard InChI is InChI=1S/C22H23FN6OS/c1-3-24-15-6-7-28(11-15)19-5-4-14-8-18(31-22(14)27-19)21(30)26-16-9-17(23)20-25-13(2)10-29(20)12-16/h4-5,8-10,12,15,24H,3,6-7,11H2,1-2H3,(H,26,30)/t15-/m0/s1. The molecular formula is C22H23FN6OS. The summed E-state index contributed by atoms with van der Waals surface area (Å²) in [7, 11) is 0. The third kappa shape index (κ3) is 3.86. The Balaban J connectivity index is 1.36. The number of hydrogen-bond donors (Lipinski definition) is 2. The van der Waals surface area contributed by atoms with Gasteiger partial charge in [-0.15, -0.1) is 11.3 Å². The van der Waals surface area contributed by atoms with Gasteiger partial charge < -0.3 is 19.9 Å². The van der Waals surface area contributed by atoms with E-state index < -0.39 is 5.82 Å². The number of pyridine rings is 2. The van der Waals surface area contributed by atoms with Crippen molar-refractivity contribution in [1.29, 1.82) is 0 Å². The summed E-state index contributed by atoms with van der Waals surface area (Å²) in [6.45, 7) is 6.79. The van der Waals surface area contributed by atoms with E-state index in [1.807, 2.05) is 18.2 Å². The minimum Gasteiger partial charge on any atom is -0.355 e. The van der Waals surface area contributed by atoms with Crippen molar-refractivity contribution in [2.75, 3.05) is 29.9 Å². The number of anilines is 2. The Kier molecular flexibility index (Phi) is 5.07. The van der Waals surface area contributed by atoms with E-state index in [0.29, 0.717) is 22.3 Å². The van der Waals surface area contributed by atoms with Crippen LogP contribution in [0.25, 0.3) is 15.9 Å². The van der Waals surface area contributed by atoms with Crippen molar-refractivity contribution >= 4 is 44.6 Å². The Labute approximate surface area is 182 Å². The number of aryl methyl sites for hydroxylation is 1. The molecule has 0 spiro atoms. The molecule has 5 rings (SSSR count). The van der Waals surface area contributed by atoms with Crippen LogP contribution < -0.4 is 15.5 Å². The van der Waals surface area contributed by atoms with Crippen LogP contribution in [0.3, 0.4) is 0 Å². The summed E-state index contributed by atoms with van der Waals surface area (Å²) in [6, 6.07) is 7.62. The zero-order valence-electron chi connectivity index (χ0n) is 17.4. The highest BCUT2D eigenvalue weighted by molar-refractivity contribution is 7.20. The molecule has 4 aromatic heterocycles. The summed E-state index contributed by atoms with van der Waals surface area (Å²) in [6.07, 6.45) is 4.48. The van der Waals surface area contributed by atoms with E-state index in [1.54, 1.807) is 23.7 Å². The predicted molar refractivity (Wildman–Crippen MR) is 122 cm³/mol. The van der Waals surface area contributed by atoms with Gasteiger partial charge in [-0.2, -0.15) is 0 Å². The second-order valence-electron chi connectivity index (χ2n) is 7.81. The predicted octanol–water partition coefficient (Wildman–Crippen LogP) is 3.83. The highest BCUT2D eigenvalue weighted by atomic mass is 32.1. The average molecular weight is 439 g/mol. The van der Waals surface area contributed by atoms with Gasteiger partial charge in [0.2, 0.25) is 0 Å². The van der Waals surface area contributed by atoms with Crippen molar-refractivity contribution in [3.8, 4) is 0 Å². The third-order valence-corrected chi connectivity index (χ3v) is 6.53. The molecule has 160 valence electrons. The maximum Gasteiger partial charge on any atom is 0.265 e. The molecule has 1 aliphatic heterocycles. The molecule has 1 amide bonds. The van der Waals surface area contributed by atoms with Gasteiger partial charge in [-0.25, -0.2) is 14.4 Å². The fraction of sp³-hybridized carbons (Fsp3) is 0.318. The molecule has 0 radical (unpaired) electrons. The van der Waals surface area contributed by atoms with Crippen LogP contribution >= 0.6 is 11.3 Å². The topological polar surface area (TPSA) is 74.6 Å². The van der Waals surface area contributed by atoms with E-state index in [1.165, 1.54) is 17.4 Å². The number of thiophene rings is 1. The highest BCUT2D eigenvalue weighted by Gasteiger charge is 2.23. The Hall–Kier alpha value is -3.04. The summed E-state index contributed by atoms with van der Waals surface area (Å²) in [5, 5.41) is 7.20. The fourth-order valence-electron chi connectivity index (χ4n) is 4.06. The summed E-state index contributed by atoms with van der Waals surface area (Å²) < 4.78 is 15.9. The molecular weight excluding hydrogens is 415 g/mol. The Morgan fingerprint density at radius 3 is 3.00 bits per heavy atom. The molecule has 5 heterocycles. The monoisotopic (exact) mass is 438 g/mol. The molecule has 7 nitrogen and oxygen atoms in total. The molecule has 0 unspecified atom stereocenters. The van der Waals surface area contributed by atoms with Crippen LogP contribution in [0, 0.1) is 12.7 Å². The van der Waals surface area contributed by atoms with E-state index in [9.17, 15) is 9.18 Å². The van der Waals surface area contributed by atoms with Crippen molar-refractivity contribution < 1.29 is 9.18 Å². The van der Waals surface area contributed by atoms with Gasteiger partial charge >= 0.3 is 0 Å². The van der Waals surface area contributed by atoms with Gasteiger partial charge in [-0.1, -0.05) is 6.92 Å². The number of aromatic nitrogens is 3. The fourth-order valence-corrected chi connectivity index (χ4v) is 4.98. The summed E-state index contributed by atoms with van der Waals surface area (Å²) in [5.41, 5.74) is 1.33. The lowest BCUT2D eigenvalue weighted by molar-refractivity contribution is 0.103. The number of carbonyl (C=O) groups excluding carboxylic acids is 1. The third-order valence-electron chi connectivity index (χ3n) is 5.48. The smallest absolute Gasteiger partial charge is 0.265 e.